The van der Waals surface area contributed by atoms with E-state index in [9.17, 15) is 13.2 Å². The van der Waals surface area contributed by atoms with Gasteiger partial charge in [0.2, 0.25) is 0 Å². The van der Waals surface area contributed by atoms with Crippen molar-refractivity contribution < 1.29 is 13.2 Å². The number of nitrogens with zero attached hydrogens (tertiary/aromatic N) is 1. The van der Waals surface area contributed by atoms with Crippen LogP contribution in [-0.4, -0.2) is 37.3 Å². The Morgan fingerprint density at radius 2 is 1.89 bits per heavy atom. The van der Waals surface area contributed by atoms with Crippen molar-refractivity contribution >= 4 is 0 Å². The Labute approximate surface area is 114 Å². The zero-order valence-electron chi connectivity index (χ0n) is 12.1. The Kier molecular flexibility index (Phi) is 6.12. The molecule has 19 heavy (non-hydrogen) atoms. The van der Waals surface area contributed by atoms with Gasteiger partial charge in [0.25, 0.3) is 0 Å². The molecule has 2 nitrogen and oxygen atoms in total. The van der Waals surface area contributed by atoms with Crippen molar-refractivity contribution in [3.63, 3.8) is 0 Å². The summed E-state index contributed by atoms with van der Waals surface area (Å²) in [6.45, 7) is 6.71. The van der Waals surface area contributed by atoms with Crippen LogP contribution in [0.4, 0.5) is 13.2 Å². The lowest BCUT2D eigenvalue weighted by molar-refractivity contribution is -0.186. The lowest BCUT2D eigenvalue weighted by atomic mass is 9.87. The first-order chi connectivity index (χ1) is 8.74. The smallest absolute Gasteiger partial charge is 0.330 e. The van der Waals surface area contributed by atoms with Crippen molar-refractivity contribution in [2.75, 3.05) is 26.2 Å². The highest BCUT2D eigenvalue weighted by Crippen LogP contribution is 2.33. The molecule has 5 heteroatoms. The van der Waals surface area contributed by atoms with Crippen LogP contribution in [0, 0.1) is 11.3 Å². The summed E-state index contributed by atoms with van der Waals surface area (Å²) >= 11 is 0. The van der Waals surface area contributed by atoms with Crippen LogP contribution in [0.2, 0.25) is 0 Å². The molecule has 1 fully saturated rings. The molecule has 0 aliphatic carbocycles. The molecule has 0 bridgehead atoms. The molecule has 0 spiro atoms. The van der Waals surface area contributed by atoms with Crippen molar-refractivity contribution in [2.45, 2.75) is 52.1 Å². The van der Waals surface area contributed by atoms with Gasteiger partial charge in [-0.3, -0.25) is 0 Å². The molecule has 0 aromatic heterocycles. The van der Waals surface area contributed by atoms with E-state index in [-0.39, 0.29) is 12.0 Å². The fourth-order valence-electron chi connectivity index (χ4n) is 2.57. The van der Waals surface area contributed by atoms with Crippen molar-refractivity contribution in [1.82, 2.24) is 4.90 Å². The molecule has 1 heterocycles. The van der Waals surface area contributed by atoms with E-state index in [1.54, 1.807) is 0 Å². The molecule has 0 radical (unpaired) electrons. The van der Waals surface area contributed by atoms with E-state index in [1.807, 2.05) is 4.90 Å². The molecule has 1 aliphatic rings. The third-order valence-electron chi connectivity index (χ3n) is 4.10. The zero-order chi connectivity index (χ0) is 14.5. The van der Waals surface area contributed by atoms with E-state index in [0.717, 1.165) is 32.4 Å². The van der Waals surface area contributed by atoms with Gasteiger partial charge in [0.1, 0.15) is 0 Å². The first-order valence-corrected chi connectivity index (χ1v) is 7.24. The third-order valence-corrected chi connectivity index (χ3v) is 4.10. The molecule has 0 saturated carbocycles. The summed E-state index contributed by atoms with van der Waals surface area (Å²) in [5.41, 5.74) is 5.81. The van der Waals surface area contributed by atoms with Crippen LogP contribution in [0.3, 0.4) is 0 Å². The fourth-order valence-corrected chi connectivity index (χ4v) is 2.57. The molecule has 2 N–H and O–H groups in total. The number of alkyl halides is 3. The molecule has 1 rings (SSSR count). The molecule has 1 saturated heterocycles. The van der Waals surface area contributed by atoms with Gasteiger partial charge in [-0.1, -0.05) is 20.3 Å². The van der Waals surface area contributed by atoms with Gasteiger partial charge in [-0.15, -0.1) is 0 Å². The molecular formula is C14H27F3N2. The fraction of sp³-hybridized carbons (Fsp3) is 1.00. The van der Waals surface area contributed by atoms with Crippen molar-refractivity contribution in [3.8, 4) is 0 Å². The summed E-state index contributed by atoms with van der Waals surface area (Å²) < 4.78 is 38.0. The average molecular weight is 280 g/mol. The predicted molar refractivity (Wildman–Crippen MR) is 71.9 cm³/mol. The molecular weight excluding hydrogens is 253 g/mol. The monoisotopic (exact) mass is 280 g/mol. The standard InChI is InChI=1S/C14H27F3N2/c1-13(2,11-18)7-3-4-8-19-9-5-6-12(10-19)14(15,16)17/h12H,3-11,18H2,1-2H3. The molecule has 0 aromatic rings. The van der Waals surface area contributed by atoms with Gasteiger partial charge in [-0.2, -0.15) is 13.2 Å². The maximum absolute atomic E-state index is 12.7. The van der Waals surface area contributed by atoms with E-state index in [1.165, 1.54) is 0 Å². The van der Waals surface area contributed by atoms with Crippen LogP contribution in [0.1, 0.15) is 46.0 Å². The summed E-state index contributed by atoms with van der Waals surface area (Å²) in [6, 6.07) is 0. The molecule has 0 amide bonds. The third kappa shape index (κ3) is 6.13. The Balaban J connectivity index is 2.23. The van der Waals surface area contributed by atoms with Gasteiger partial charge in [0, 0.05) is 6.54 Å². The highest BCUT2D eigenvalue weighted by Gasteiger charge is 2.41. The number of rotatable bonds is 6. The van der Waals surface area contributed by atoms with E-state index in [2.05, 4.69) is 13.8 Å². The minimum atomic E-state index is -4.03. The molecule has 114 valence electrons. The van der Waals surface area contributed by atoms with E-state index in [4.69, 9.17) is 5.73 Å². The average Bonchev–Trinajstić information content (AvgIpc) is 2.34. The van der Waals surface area contributed by atoms with E-state index >= 15 is 0 Å². The predicted octanol–water partition coefficient (Wildman–Crippen LogP) is 3.42. The van der Waals surface area contributed by atoms with Gasteiger partial charge in [0.15, 0.2) is 0 Å². The second-order valence-corrected chi connectivity index (χ2v) is 6.51. The van der Waals surface area contributed by atoms with Gasteiger partial charge in [-0.25, -0.2) is 0 Å². The van der Waals surface area contributed by atoms with Gasteiger partial charge in [-0.05, 0) is 50.7 Å². The Morgan fingerprint density at radius 3 is 2.47 bits per heavy atom. The lowest BCUT2D eigenvalue weighted by Crippen LogP contribution is -2.42. The summed E-state index contributed by atoms with van der Waals surface area (Å²) in [6.07, 6.45) is -0.0235. The van der Waals surface area contributed by atoms with Crippen LogP contribution < -0.4 is 5.73 Å². The largest absolute Gasteiger partial charge is 0.393 e. The van der Waals surface area contributed by atoms with Gasteiger partial charge in [0.05, 0.1) is 5.92 Å². The summed E-state index contributed by atoms with van der Waals surface area (Å²) in [5, 5.41) is 0. The van der Waals surface area contributed by atoms with Crippen LogP contribution >= 0.6 is 0 Å². The quantitative estimate of drug-likeness (QED) is 0.755. The topological polar surface area (TPSA) is 29.3 Å². The number of piperidine rings is 1. The molecule has 1 aliphatic heterocycles. The van der Waals surface area contributed by atoms with Crippen molar-refractivity contribution in [2.24, 2.45) is 17.1 Å². The van der Waals surface area contributed by atoms with Crippen molar-refractivity contribution in [1.29, 1.82) is 0 Å². The highest BCUT2D eigenvalue weighted by molar-refractivity contribution is 4.78. The van der Waals surface area contributed by atoms with Crippen LogP contribution in [0.15, 0.2) is 0 Å². The lowest BCUT2D eigenvalue weighted by Gasteiger charge is -2.33. The van der Waals surface area contributed by atoms with Gasteiger partial charge >= 0.3 is 6.18 Å². The highest BCUT2D eigenvalue weighted by atomic mass is 19.4. The number of hydrogen-bond acceptors (Lipinski definition) is 2. The maximum atomic E-state index is 12.7. The Morgan fingerprint density at radius 1 is 1.21 bits per heavy atom. The SMILES string of the molecule is CC(C)(CN)CCCCN1CCCC(C(F)(F)F)C1. The number of likely N-dealkylation sites (tertiary alicyclic amines) is 1. The second kappa shape index (κ2) is 6.93. The van der Waals surface area contributed by atoms with Crippen LogP contribution in [-0.2, 0) is 0 Å². The molecule has 1 unspecified atom stereocenters. The van der Waals surface area contributed by atoms with E-state index < -0.39 is 12.1 Å². The first-order valence-electron chi connectivity index (χ1n) is 7.24. The number of unbranched alkanes of at least 4 members (excludes halogenated alkanes) is 1. The zero-order valence-corrected chi connectivity index (χ0v) is 12.1. The number of hydrogen-bond donors (Lipinski definition) is 1. The maximum Gasteiger partial charge on any atom is 0.393 e. The molecule has 1 atom stereocenters. The minimum absolute atomic E-state index is 0.149. The Hall–Kier alpha value is -0.290. The van der Waals surface area contributed by atoms with E-state index in [0.29, 0.717) is 19.4 Å². The summed E-state index contributed by atoms with van der Waals surface area (Å²) in [5.74, 6) is -1.12. The number of halogens is 3. The summed E-state index contributed by atoms with van der Waals surface area (Å²) in [7, 11) is 0. The first kappa shape index (κ1) is 16.8. The van der Waals surface area contributed by atoms with Crippen LogP contribution in [0.25, 0.3) is 0 Å². The minimum Gasteiger partial charge on any atom is -0.330 e. The molecule has 0 aromatic carbocycles. The van der Waals surface area contributed by atoms with Crippen molar-refractivity contribution in [3.05, 3.63) is 0 Å². The normalized spacial score (nSPS) is 22.7. The van der Waals surface area contributed by atoms with Gasteiger partial charge < -0.3 is 10.6 Å². The van der Waals surface area contributed by atoms with Crippen LogP contribution in [0.5, 0.6) is 0 Å². The Bertz CT molecular complexity index is 264. The number of nitrogens with two attached hydrogens (primary N) is 1. The summed E-state index contributed by atoms with van der Waals surface area (Å²) in [4.78, 5) is 1.97. The second-order valence-electron chi connectivity index (χ2n) is 6.51.